The molecule has 3 heterocycles. The summed E-state index contributed by atoms with van der Waals surface area (Å²) in [5.41, 5.74) is -0.902. The topological polar surface area (TPSA) is 94.7 Å². The molecule has 0 bridgehead atoms. The van der Waals surface area contributed by atoms with E-state index in [1.807, 2.05) is 0 Å². The highest BCUT2D eigenvalue weighted by Crippen LogP contribution is 2.36. The number of halogens is 3. The summed E-state index contributed by atoms with van der Waals surface area (Å²) in [6.45, 7) is 1.62. The smallest absolute Gasteiger partial charge is 0.357 e. The molecule has 0 aromatic carbocycles. The molecule has 140 valence electrons. The zero-order valence-electron chi connectivity index (χ0n) is 14.1. The predicted octanol–water partition coefficient (Wildman–Crippen LogP) is 2.01. The van der Waals surface area contributed by atoms with Crippen LogP contribution in [0.25, 0.3) is 11.3 Å². The van der Waals surface area contributed by atoms with Crippen LogP contribution < -0.4 is 16.0 Å². The number of carbonyl (C=O) groups is 1. The minimum Gasteiger partial charge on any atom is -0.357 e. The number of alkyl halides is 3. The number of carbonyl (C=O) groups excluding carboxylic acids is 1. The molecule has 3 rings (SSSR count). The van der Waals surface area contributed by atoms with E-state index in [-0.39, 0.29) is 28.9 Å². The van der Waals surface area contributed by atoms with Gasteiger partial charge in [-0.05, 0) is 25.5 Å². The fourth-order valence-electron chi connectivity index (χ4n) is 2.83. The summed E-state index contributed by atoms with van der Waals surface area (Å²) in [5, 5.41) is 8.69. The molecule has 4 N–H and O–H groups in total. The molecular weight excluding hydrogens is 349 g/mol. The van der Waals surface area contributed by atoms with Crippen molar-refractivity contribution in [3.63, 3.8) is 0 Å². The molecule has 0 spiro atoms. The fourth-order valence-corrected chi connectivity index (χ4v) is 2.83. The molecule has 1 aliphatic heterocycles. The van der Waals surface area contributed by atoms with Crippen LogP contribution in [-0.2, 0) is 6.18 Å². The Kier molecular flexibility index (Phi) is 5.12. The van der Waals surface area contributed by atoms with Crippen LogP contribution in [0.3, 0.4) is 0 Å². The summed E-state index contributed by atoms with van der Waals surface area (Å²) in [6, 6.07) is 1.39. The van der Waals surface area contributed by atoms with Gasteiger partial charge in [0.25, 0.3) is 5.91 Å². The molecule has 0 aliphatic carbocycles. The van der Waals surface area contributed by atoms with Crippen molar-refractivity contribution in [2.45, 2.75) is 25.1 Å². The third-order valence-corrected chi connectivity index (χ3v) is 4.15. The van der Waals surface area contributed by atoms with E-state index in [1.165, 1.54) is 19.3 Å². The van der Waals surface area contributed by atoms with E-state index in [0.29, 0.717) is 6.54 Å². The van der Waals surface area contributed by atoms with Gasteiger partial charge >= 0.3 is 6.18 Å². The van der Waals surface area contributed by atoms with Crippen molar-refractivity contribution >= 4 is 11.9 Å². The molecule has 1 aliphatic rings. The maximum absolute atomic E-state index is 13.4. The molecule has 10 heteroatoms. The highest BCUT2D eigenvalue weighted by molar-refractivity contribution is 5.93. The number of piperidine rings is 1. The minimum atomic E-state index is -4.61. The normalized spacial score (nSPS) is 17.8. The summed E-state index contributed by atoms with van der Waals surface area (Å²) < 4.78 is 40.1. The maximum Gasteiger partial charge on any atom is 0.419 e. The van der Waals surface area contributed by atoms with Gasteiger partial charge < -0.3 is 20.9 Å². The first-order valence-electron chi connectivity index (χ1n) is 8.21. The van der Waals surface area contributed by atoms with Crippen LogP contribution >= 0.6 is 0 Å². The van der Waals surface area contributed by atoms with Gasteiger partial charge in [-0.15, -0.1) is 0 Å². The van der Waals surface area contributed by atoms with Gasteiger partial charge in [-0.25, -0.2) is 9.97 Å². The third-order valence-electron chi connectivity index (χ3n) is 4.15. The van der Waals surface area contributed by atoms with Crippen molar-refractivity contribution < 1.29 is 18.0 Å². The van der Waals surface area contributed by atoms with Gasteiger partial charge in [-0.3, -0.25) is 4.79 Å². The Morgan fingerprint density at radius 3 is 2.85 bits per heavy atom. The lowest BCUT2D eigenvalue weighted by molar-refractivity contribution is -0.137. The zero-order valence-corrected chi connectivity index (χ0v) is 14.1. The van der Waals surface area contributed by atoms with E-state index in [9.17, 15) is 18.0 Å². The van der Waals surface area contributed by atoms with Gasteiger partial charge in [0, 0.05) is 37.6 Å². The second-order valence-electron chi connectivity index (χ2n) is 6.02. The van der Waals surface area contributed by atoms with Gasteiger partial charge in [0.1, 0.15) is 11.3 Å². The number of hydrogen-bond acceptors (Lipinski definition) is 5. The Bertz CT molecular complexity index is 783. The molecule has 0 radical (unpaired) electrons. The lowest BCUT2D eigenvalue weighted by atomic mass is 10.1. The number of hydrogen-bond donors (Lipinski definition) is 4. The molecule has 2 aromatic heterocycles. The zero-order chi connectivity index (χ0) is 18.7. The Morgan fingerprint density at radius 1 is 1.38 bits per heavy atom. The number of nitrogens with zero attached hydrogens (tertiary/aromatic N) is 2. The number of aromatic nitrogens is 3. The predicted molar refractivity (Wildman–Crippen MR) is 89.7 cm³/mol. The average Bonchev–Trinajstić information content (AvgIpc) is 3.11. The Balaban J connectivity index is 1.95. The summed E-state index contributed by atoms with van der Waals surface area (Å²) in [6.07, 6.45) is -0.650. The van der Waals surface area contributed by atoms with Crippen molar-refractivity contribution in [2.24, 2.45) is 0 Å². The van der Waals surface area contributed by atoms with Crippen molar-refractivity contribution in [1.82, 2.24) is 25.6 Å². The molecule has 0 saturated carbocycles. The standard InChI is InChI=1S/C16H19F3N6O/c1-20-14(26)12-5-9(6-22-12)13-11(16(17,18)19)8-23-15(25-13)24-10-3-2-4-21-7-10/h5-6,8,10,21-22H,2-4,7H2,1H3,(H,20,26)(H,23,24,25). The van der Waals surface area contributed by atoms with Crippen LogP contribution in [0.4, 0.5) is 19.1 Å². The number of H-pyrrole nitrogens is 1. The van der Waals surface area contributed by atoms with Gasteiger partial charge in [0.2, 0.25) is 5.95 Å². The van der Waals surface area contributed by atoms with Crippen LogP contribution in [0.5, 0.6) is 0 Å². The van der Waals surface area contributed by atoms with Gasteiger partial charge in [0.05, 0.1) is 5.69 Å². The first kappa shape index (κ1) is 18.2. The van der Waals surface area contributed by atoms with Gasteiger partial charge in [-0.1, -0.05) is 0 Å². The molecule has 1 fully saturated rings. The van der Waals surface area contributed by atoms with Crippen molar-refractivity contribution in [2.75, 3.05) is 25.5 Å². The number of aromatic amines is 1. The second-order valence-corrected chi connectivity index (χ2v) is 6.02. The van der Waals surface area contributed by atoms with E-state index in [4.69, 9.17) is 0 Å². The van der Waals surface area contributed by atoms with Gasteiger partial charge in [-0.2, -0.15) is 13.2 Å². The molecule has 1 atom stereocenters. The largest absolute Gasteiger partial charge is 0.419 e. The Morgan fingerprint density at radius 2 is 2.19 bits per heavy atom. The van der Waals surface area contributed by atoms with Crippen molar-refractivity contribution in [3.8, 4) is 11.3 Å². The minimum absolute atomic E-state index is 0.0565. The lowest BCUT2D eigenvalue weighted by Gasteiger charge is -2.24. The maximum atomic E-state index is 13.4. The lowest BCUT2D eigenvalue weighted by Crippen LogP contribution is -2.38. The van der Waals surface area contributed by atoms with E-state index in [0.717, 1.165) is 25.6 Å². The first-order chi connectivity index (χ1) is 12.4. The van der Waals surface area contributed by atoms with E-state index in [2.05, 4.69) is 30.9 Å². The Labute approximate surface area is 147 Å². The molecule has 1 amide bonds. The summed E-state index contributed by atoms with van der Waals surface area (Å²) >= 11 is 0. The third kappa shape index (κ3) is 3.96. The first-order valence-corrected chi connectivity index (χ1v) is 8.21. The van der Waals surface area contributed by atoms with Crippen LogP contribution in [0, 0.1) is 0 Å². The second kappa shape index (κ2) is 7.32. The highest BCUT2D eigenvalue weighted by atomic mass is 19.4. The number of amides is 1. The average molecular weight is 368 g/mol. The van der Waals surface area contributed by atoms with Crippen LogP contribution in [0.2, 0.25) is 0 Å². The Hall–Kier alpha value is -2.62. The molecular formula is C16H19F3N6O. The molecule has 1 unspecified atom stereocenters. The molecule has 26 heavy (non-hydrogen) atoms. The number of nitrogens with one attached hydrogen (secondary N) is 4. The SMILES string of the molecule is CNC(=O)c1cc(-c2nc(NC3CCCNC3)ncc2C(F)(F)F)c[nH]1. The molecule has 1 saturated heterocycles. The summed E-state index contributed by atoms with van der Waals surface area (Å²) in [7, 11) is 1.44. The van der Waals surface area contributed by atoms with Crippen LogP contribution in [0.1, 0.15) is 28.9 Å². The van der Waals surface area contributed by atoms with Crippen LogP contribution in [0.15, 0.2) is 18.5 Å². The number of rotatable bonds is 4. The van der Waals surface area contributed by atoms with Crippen LogP contribution in [-0.4, -0.2) is 47.0 Å². The van der Waals surface area contributed by atoms with Crippen molar-refractivity contribution in [1.29, 1.82) is 0 Å². The van der Waals surface area contributed by atoms with Crippen molar-refractivity contribution in [3.05, 3.63) is 29.7 Å². The highest BCUT2D eigenvalue weighted by Gasteiger charge is 2.36. The summed E-state index contributed by atoms with van der Waals surface area (Å²) in [4.78, 5) is 22.2. The summed E-state index contributed by atoms with van der Waals surface area (Å²) in [5.74, 6) is -0.296. The molecule has 2 aromatic rings. The number of anilines is 1. The van der Waals surface area contributed by atoms with E-state index >= 15 is 0 Å². The monoisotopic (exact) mass is 368 g/mol. The fraction of sp³-hybridized carbons (Fsp3) is 0.438. The van der Waals surface area contributed by atoms with E-state index < -0.39 is 17.6 Å². The van der Waals surface area contributed by atoms with Gasteiger partial charge in [0.15, 0.2) is 0 Å². The quantitative estimate of drug-likeness (QED) is 0.662. The van der Waals surface area contributed by atoms with E-state index in [1.54, 1.807) is 0 Å². The molecule has 7 nitrogen and oxygen atoms in total.